The van der Waals surface area contributed by atoms with E-state index in [0.717, 1.165) is 11.4 Å². The molecule has 0 bridgehead atoms. The zero-order valence-corrected chi connectivity index (χ0v) is 9.27. The maximum absolute atomic E-state index is 8.62. The number of nitrogens with zero attached hydrogens (tertiary/aromatic N) is 1. The van der Waals surface area contributed by atoms with Crippen LogP contribution in [0.4, 0.5) is 5.69 Å². The molecule has 2 nitrogen and oxygen atoms in total. The Balaban J connectivity index is 2.56. The number of nitriles is 1. The standard InChI is InChI=1S/C11H14N2S/c1-9(8-14-2)13-11-5-3-10(7-12)4-6-11/h3-6,9,13H,8H2,1-2H3. The molecular formula is C11H14N2S. The molecule has 0 amide bonds. The Morgan fingerprint density at radius 1 is 1.43 bits per heavy atom. The number of thioether (sulfide) groups is 1. The molecular weight excluding hydrogens is 192 g/mol. The lowest BCUT2D eigenvalue weighted by Gasteiger charge is -2.13. The minimum Gasteiger partial charge on any atom is -0.382 e. The lowest BCUT2D eigenvalue weighted by atomic mass is 10.2. The smallest absolute Gasteiger partial charge is 0.0991 e. The zero-order chi connectivity index (χ0) is 10.4. The fraction of sp³-hybridized carbons (Fsp3) is 0.364. The van der Waals surface area contributed by atoms with Crippen molar-refractivity contribution in [3.63, 3.8) is 0 Å². The molecule has 0 radical (unpaired) electrons. The first kappa shape index (κ1) is 10.9. The Hall–Kier alpha value is -1.14. The monoisotopic (exact) mass is 206 g/mol. The number of hydrogen-bond acceptors (Lipinski definition) is 3. The molecule has 74 valence electrons. The van der Waals surface area contributed by atoms with E-state index in [2.05, 4.69) is 24.6 Å². The average molecular weight is 206 g/mol. The summed E-state index contributed by atoms with van der Waals surface area (Å²) in [7, 11) is 0. The van der Waals surface area contributed by atoms with Gasteiger partial charge in [0.05, 0.1) is 11.6 Å². The summed E-state index contributed by atoms with van der Waals surface area (Å²) in [5.41, 5.74) is 1.78. The van der Waals surface area contributed by atoms with Crippen LogP contribution < -0.4 is 5.32 Å². The maximum atomic E-state index is 8.62. The van der Waals surface area contributed by atoms with Crippen LogP contribution in [0.25, 0.3) is 0 Å². The van der Waals surface area contributed by atoms with Gasteiger partial charge >= 0.3 is 0 Å². The van der Waals surface area contributed by atoms with Crippen LogP contribution in [0, 0.1) is 11.3 Å². The second-order valence-electron chi connectivity index (χ2n) is 3.19. The molecule has 0 fully saturated rings. The van der Waals surface area contributed by atoms with Crippen molar-refractivity contribution in [2.75, 3.05) is 17.3 Å². The van der Waals surface area contributed by atoms with Gasteiger partial charge in [-0.2, -0.15) is 17.0 Å². The van der Waals surface area contributed by atoms with Crippen LogP contribution in [-0.4, -0.2) is 18.1 Å². The summed E-state index contributed by atoms with van der Waals surface area (Å²) in [6.45, 7) is 2.15. The molecule has 0 aromatic heterocycles. The Bertz CT molecular complexity index is 313. The van der Waals surface area contributed by atoms with Gasteiger partial charge in [-0.15, -0.1) is 0 Å². The Labute approximate surface area is 89.3 Å². The molecule has 1 unspecified atom stereocenters. The van der Waals surface area contributed by atoms with Crippen molar-refractivity contribution in [1.29, 1.82) is 5.26 Å². The molecule has 0 aliphatic rings. The third-order valence-corrected chi connectivity index (χ3v) is 2.68. The first-order valence-corrected chi connectivity index (χ1v) is 5.91. The summed E-state index contributed by atoms with van der Waals surface area (Å²) in [6.07, 6.45) is 2.09. The van der Waals surface area contributed by atoms with Crippen LogP contribution in [-0.2, 0) is 0 Å². The Kier molecular flexibility index (Phi) is 4.34. The van der Waals surface area contributed by atoms with Crippen LogP contribution in [0.1, 0.15) is 12.5 Å². The van der Waals surface area contributed by atoms with E-state index in [0.29, 0.717) is 11.6 Å². The van der Waals surface area contributed by atoms with Crippen molar-refractivity contribution in [3.8, 4) is 6.07 Å². The van der Waals surface area contributed by atoms with Gasteiger partial charge in [0.25, 0.3) is 0 Å². The van der Waals surface area contributed by atoms with Gasteiger partial charge in [0.1, 0.15) is 0 Å². The minimum atomic E-state index is 0.456. The number of hydrogen-bond donors (Lipinski definition) is 1. The highest BCUT2D eigenvalue weighted by atomic mass is 32.2. The van der Waals surface area contributed by atoms with Gasteiger partial charge in [-0.3, -0.25) is 0 Å². The van der Waals surface area contributed by atoms with Crippen molar-refractivity contribution in [3.05, 3.63) is 29.8 Å². The third kappa shape index (κ3) is 3.31. The maximum Gasteiger partial charge on any atom is 0.0991 e. The molecule has 3 heteroatoms. The minimum absolute atomic E-state index is 0.456. The molecule has 0 spiro atoms. The summed E-state index contributed by atoms with van der Waals surface area (Å²) >= 11 is 1.82. The van der Waals surface area contributed by atoms with E-state index in [1.165, 1.54) is 0 Å². The van der Waals surface area contributed by atoms with E-state index in [-0.39, 0.29) is 0 Å². The molecule has 0 saturated carbocycles. The van der Waals surface area contributed by atoms with Gasteiger partial charge in [-0.1, -0.05) is 0 Å². The molecule has 1 N–H and O–H groups in total. The molecule has 1 rings (SSSR count). The van der Waals surface area contributed by atoms with Crippen molar-refractivity contribution >= 4 is 17.4 Å². The van der Waals surface area contributed by atoms with Gasteiger partial charge < -0.3 is 5.32 Å². The fourth-order valence-corrected chi connectivity index (χ4v) is 1.80. The first-order chi connectivity index (χ1) is 6.76. The van der Waals surface area contributed by atoms with E-state index in [9.17, 15) is 0 Å². The number of anilines is 1. The summed E-state index contributed by atoms with van der Waals surface area (Å²) in [5.74, 6) is 1.08. The summed E-state index contributed by atoms with van der Waals surface area (Å²) in [5, 5.41) is 12.0. The molecule has 0 aliphatic heterocycles. The Morgan fingerprint density at radius 2 is 2.07 bits per heavy atom. The number of benzene rings is 1. The largest absolute Gasteiger partial charge is 0.382 e. The van der Waals surface area contributed by atoms with E-state index >= 15 is 0 Å². The van der Waals surface area contributed by atoms with Crippen molar-refractivity contribution in [2.45, 2.75) is 13.0 Å². The van der Waals surface area contributed by atoms with Crippen molar-refractivity contribution < 1.29 is 0 Å². The van der Waals surface area contributed by atoms with E-state index in [4.69, 9.17) is 5.26 Å². The first-order valence-electron chi connectivity index (χ1n) is 4.52. The lowest BCUT2D eigenvalue weighted by Crippen LogP contribution is -2.17. The van der Waals surface area contributed by atoms with Crippen molar-refractivity contribution in [2.24, 2.45) is 0 Å². The predicted octanol–water partition coefficient (Wildman–Crippen LogP) is 2.72. The van der Waals surface area contributed by atoms with Gasteiger partial charge in [0, 0.05) is 17.5 Å². The predicted molar refractivity (Wildman–Crippen MR) is 62.6 cm³/mol. The normalized spacial score (nSPS) is 11.8. The molecule has 14 heavy (non-hydrogen) atoms. The van der Waals surface area contributed by atoms with Gasteiger partial charge in [-0.25, -0.2) is 0 Å². The van der Waals surface area contributed by atoms with Gasteiger partial charge in [0.2, 0.25) is 0 Å². The SMILES string of the molecule is CSCC(C)Nc1ccc(C#N)cc1. The summed E-state index contributed by atoms with van der Waals surface area (Å²) in [4.78, 5) is 0. The highest BCUT2D eigenvalue weighted by molar-refractivity contribution is 7.98. The second-order valence-corrected chi connectivity index (χ2v) is 4.10. The molecule has 1 atom stereocenters. The highest BCUT2D eigenvalue weighted by Gasteiger charge is 2.00. The highest BCUT2D eigenvalue weighted by Crippen LogP contribution is 2.11. The lowest BCUT2D eigenvalue weighted by molar-refractivity contribution is 0.914. The number of rotatable bonds is 4. The van der Waals surface area contributed by atoms with Crippen LogP contribution in [0.5, 0.6) is 0 Å². The van der Waals surface area contributed by atoms with Crippen LogP contribution in [0.2, 0.25) is 0 Å². The fourth-order valence-electron chi connectivity index (χ4n) is 1.22. The molecule has 0 aliphatic carbocycles. The topological polar surface area (TPSA) is 35.8 Å². The molecule has 0 saturated heterocycles. The van der Waals surface area contributed by atoms with E-state index in [1.54, 1.807) is 0 Å². The summed E-state index contributed by atoms with van der Waals surface area (Å²) in [6, 6.07) is 10.1. The van der Waals surface area contributed by atoms with Crippen LogP contribution >= 0.6 is 11.8 Å². The third-order valence-electron chi connectivity index (χ3n) is 1.84. The second kappa shape index (κ2) is 5.56. The van der Waals surface area contributed by atoms with Gasteiger partial charge in [-0.05, 0) is 37.4 Å². The van der Waals surface area contributed by atoms with E-state index in [1.807, 2.05) is 36.0 Å². The summed E-state index contributed by atoms with van der Waals surface area (Å²) < 4.78 is 0. The molecule has 0 heterocycles. The van der Waals surface area contributed by atoms with Crippen LogP contribution in [0.15, 0.2) is 24.3 Å². The molecule has 1 aromatic carbocycles. The van der Waals surface area contributed by atoms with Crippen LogP contribution in [0.3, 0.4) is 0 Å². The van der Waals surface area contributed by atoms with Crippen molar-refractivity contribution in [1.82, 2.24) is 0 Å². The number of nitrogens with one attached hydrogen (secondary N) is 1. The quantitative estimate of drug-likeness (QED) is 0.822. The van der Waals surface area contributed by atoms with E-state index < -0.39 is 0 Å². The Morgan fingerprint density at radius 3 is 2.57 bits per heavy atom. The zero-order valence-electron chi connectivity index (χ0n) is 8.45. The molecule has 1 aromatic rings. The average Bonchev–Trinajstić information content (AvgIpc) is 2.19. The van der Waals surface area contributed by atoms with Gasteiger partial charge in [0.15, 0.2) is 0 Å².